The molecular weight excluding hydrogens is 236 g/mol. The van der Waals surface area contributed by atoms with Crippen molar-refractivity contribution >= 4 is 5.69 Å². The van der Waals surface area contributed by atoms with Gasteiger partial charge in [0.25, 0.3) is 5.69 Å². The highest BCUT2D eigenvalue weighted by atomic mass is 16.6. The van der Waals surface area contributed by atoms with Gasteiger partial charge in [0, 0.05) is 31.3 Å². The molecule has 98 valence electrons. The number of rotatable bonds is 4. The van der Waals surface area contributed by atoms with Gasteiger partial charge in [0.05, 0.1) is 31.3 Å². The zero-order valence-electron chi connectivity index (χ0n) is 10.3. The molecule has 1 aliphatic heterocycles. The Kier molecular flexibility index (Phi) is 4.11. The molecule has 1 aromatic carbocycles. The Balaban J connectivity index is 2.13. The number of nitro benzene ring substituents is 1. The van der Waals surface area contributed by atoms with Gasteiger partial charge in [-0.1, -0.05) is 0 Å². The molecule has 0 atom stereocenters. The molecule has 0 spiro atoms. The zero-order chi connectivity index (χ0) is 13.0. The van der Waals surface area contributed by atoms with E-state index < -0.39 is 4.92 Å². The molecule has 1 aliphatic rings. The lowest BCUT2D eigenvalue weighted by molar-refractivity contribution is -0.384. The fourth-order valence-electron chi connectivity index (χ4n) is 1.98. The Morgan fingerprint density at radius 3 is 2.78 bits per heavy atom. The first-order valence-corrected chi connectivity index (χ1v) is 5.82. The van der Waals surface area contributed by atoms with E-state index in [1.54, 1.807) is 6.07 Å². The van der Waals surface area contributed by atoms with Crippen molar-refractivity contribution in [3.8, 4) is 5.75 Å². The molecule has 0 radical (unpaired) electrons. The molecule has 1 saturated heterocycles. The quantitative estimate of drug-likeness (QED) is 0.599. The minimum Gasteiger partial charge on any atom is -0.496 e. The van der Waals surface area contributed by atoms with Crippen LogP contribution in [0.5, 0.6) is 5.75 Å². The van der Waals surface area contributed by atoms with Gasteiger partial charge in [0.2, 0.25) is 0 Å². The fourth-order valence-corrected chi connectivity index (χ4v) is 1.98. The number of methoxy groups -OCH3 is 1. The van der Waals surface area contributed by atoms with Gasteiger partial charge in [-0.2, -0.15) is 0 Å². The van der Waals surface area contributed by atoms with E-state index >= 15 is 0 Å². The van der Waals surface area contributed by atoms with Gasteiger partial charge < -0.3 is 9.47 Å². The summed E-state index contributed by atoms with van der Waals surface area (Å²) in [7, 11) is 1.53. The Hall–Kier alpha value is -1.66. The van der Waals surface area contributed by atoms with Crippen LogP contribution in [0.3, 0.4) is 0 Å². The first kappa shape index (κ1) is 12.8. The molecule has 0 unspecified atom stereocenters. The fraction of sp³-hybridized carbons (Fsp3) is 0.500. The molecule has 6 nitrogen and oxygen atoms in total. The van der Waals surface area contributed by atoms with Gasteiger partial charge in [0.15, 0.2) is 0 Å². The van der Waals surface area contributed by atoms with E-state index in [0.29, 0.717) is 5.75 Å². The van der Waals surface area contributed by atoms with Crippen molar-refractivity contribution in [3.63, 3.8) is 0 Å². The highest BCUT2D eigenvalue weighted by Crippen LogP contribution is 2.25. The number of nitrogens with zero attached hydrogens (tertiary/aromatic N) is 2. The van der Waals surface area contributed by atoms with Crippen LogP contribution >= 0.6 is 0 Å². The number of hydrogen-bond donors (Lipinski definition) is 0. The summed E-state index contributed by atoms with van der Waals surface area (Å²) in [4.78, 5) is 12.5. The van der Waals surface area contributed by atoms with Crippen molar-refractivity contribution in [2.24, 2.45) is 0 Å². The highest BCUT2D eigenvalue weighted by Gasteiger charge is 2.15. The number of hydrogen-bond acceptors (Lipinski definition) is 5. The van der Waals surface area contributed by atoms with E-state index in [0.717, 1.165) is 38.4 Å². The Morgan fingerprint density at radius 1 is 1.44 bits per heavy atom. The van der Waals surface area contributed by atoms with Crippen LogP contribution in [0.25, 0.3) is 0 Å². The molecule has 0 amide bonds. The van der Waals surface area contributed by atoms with Crippen LogP contribution in [0.4, 0.5) is 5.69 Å². The summed E-state index contributed by atoms with van der Waals surface area (Å²) in [5, 5.41) is 10.7. The van der Waals surface area contributed by atoms with Gasteiger partial charge in [-0.25, -0.2) is 0 Å². The third-order valence-electron chi connectivity index (χ3n) is 2.98. The van der Waals surface area contributed by atoms with E-state index in [9.17, 15) is 10.1 Å². The van der Waals surface area contributed by atoms with Crippen LogP contribution in [-0.4, -0.2) is 43.2 Å². The van der Waals surface area contributed by atoms with Gasteiger partial charge in [-0.3, -0.25) is 15.0 Å². The van der Waals surface area contributed by atoms with Crippen molar-refractivity contribution in [2.75, 3.05) is 33.4 Å². The molecule has 0 N–H and O–H groups in total. The van der Waals surface area contributed by atoms with Crippen molar-refractivity contribution in [3.05, 3.63) is 33.9 Å². The summed E-state index contributed by atoms with van der Waals surface area (Å²) < 4.78 is 10.5. The normalized spacial score (nSPS) is 16.5. The molecular formula is C12H16N2O4. The second-order valence-electron chi connectivity index (χ2n) is 4.14. The standard InChI is InChI=1S/C12H16N2O4/c1-17-12-8-11(14(15)16)3-2-10(12)9-13-4-6-18-7-5-13/h2-3,8H,4-7,9H2,1H3. The second-order valence-corrected chi connectivity index (χ2v) is 4.14. The average molecular weight is 252 g/mol. The molecule has 0 aromatic heterocycles. The Labute approximate surface area is 105 Å². The minimum atomic E-state index is -0.416. The van der Waals surface area contributed by atoms with Crippen LogP contribution in [0.2, 0.25) is 0 Å². The summed E-state index contributed by atoms with van der Waals surface area (Å²) in [6.45, 7) is 3.94. The first-order valence-electron chi connectivity index (χ1n) is 5.82. The van der Waals surface area contributed by atoms with Crippen LogP contribution < -0.4 is 4.74 Å². The van der Waals surface area contributed by atoms with Crippen LogP contribution in [0.15, 0.2) is 18.2 Å². The number of nitro groups is 1. The second kappa shape index (κ2) is 5.79. The topological polar surface area (TPSA) is 64.8 Å². The lowest BCUT2D eigenvalue weighted by Gasteiger charge is -2.27. The summed E-state index contributed by atoms with van der Waals surface area (Å²) in [5.41, 5.74) is 1.02. The SMILES string of the molecule is COc1cc([N+](=O)[O-])ccc1CN1CCOCC1. The van der Waals surface area contributed by atoms with Gasteiger partial charge in [-0.05, 0) is 6.07 Å². The molecule has 1 fully saturated rings. The molecule has 1 aromatic rings. The van der Waals surface area contributed by atoms with Crippen molar-refractivity contribution < 1.29 is 14.4 Å². The molecule has 0 bridgehead atoms. The third-order valence-corrected chi connectivity index (χ3v) is 2.98. The number of morpholine rings is 1. The lowest BCUT2D eigenvalue weighted by atomic mass is 10.1. The van der Waals surface area contributed by atoms with E-state index in [-0.39, 0.29) is 5.69 Å². The largest absolute Gasteiger partial charge is 0.496 e. The van der Waals surface area contributed by atoms with E-state index in [1.807, 2.05) is 0 Å². The maximum Gasteiger partial charge on any atom is 0.273 e. The van der Waals surface area contributed by atoms with E-state index in [2.05, 4.69) is 4.90 Å². The van der Waals surface area contributed by atoms with Crippen molar-refractivity contribution in [1.82, 2.24) is 4.90 Å². The maximum absolute atomic E-state index is 10.7. The van der Waals surface area contributed by atoms with Crippen LogP contribution in [0.1, 0.15) is 5.56 Å². The van der Waals surface area contributed by atoms with Gasteiger partial charge >= 0.3 is 0 Å². The maximum atomic E-state index is 10.7. The summed E-state index contributed by atoms with van der Waals surface area (Å²) in [5.74, 6) is 0.565. The van der Waals surface area contributed by atoms with Crippen molar-refractivity contribution in [2.45, 2.75) is 6.54 Å². The lowest BCUT2D eigenvalue weighted by Crippen LogP contribution is -2.35. The predicted molar refractivity (Wildman–Crippen MR) is 65.7 cm³/mol. The average Bonchev–Trinajstić information content (AvgIpc) is 2.40. The highest BCUT2D eigenvalue weighted by molar-refractivity contribution is 5.44. The summed E-state index contributed by atoms with van der Waals surface area (Å²) in [6, 6.07) is 4.74. The van der Waals surface area contributed by atoms with Gasteiger partial charge in [0.1, 0.15) is 5.75 Å². The number of ether oxygens (including phenoxy) is 2. The minimum absolute atomic E-state index is 0.0533. The molecule has 2 rings (SSSR count). The molecule has 1 heterocycles. The summed E-state index contributed by atoms with van der Waals surface area (Å²) >= 11 is 0. The number of non-ortho nitro benzene ring substituents is 1. The number of benzene rings is 1. The van der Waals surface area contributed by atoms with E-state index in [1.165, 1.54) is 19.2 Å². The monoisotopic (exact) mass is 252 g/mol. The van der Waals surface area contributed by atoms with Crippen molar-refractivity contribution in [1.29, 1.82) is 0 Å². The predicted octanol–water partition coefficient (Wildman–Crippen LogP) is 1.44. The molecule has 0 aliphatic carbocycles. The summed E-state index contributed by atoms with van der Waals surface area (Å²) in [6.07, 6.45) is 0. The van der Waals surface area contributed by atoms with E-state index in [4.69, 9.17) is 9.47 Å². The Morgan fingerprint density at radius 2 is 2.17 bits per heavy atom. The third kappa shape index (κ3) is 2.96. The smallest absolute Gasteiger partial charge is 0.273 e. The molecule has 0 saturated carbocycles. The molecule has 18 heavy (non-hydrogen) atoms. The molecule has 6 heteroatoms. The first-order chi connectivity index (χ1) is 8.70. The zero-order valence-corrected chi connectivity index (χ0v) is 10.3. The Bertz CT molecular complexity index is 430. The van der Waals surface area contributed by atoms with Crippen LogP contribution in [-0.2, 0) is 11.3 Å². The van der Waals surface area contributed by atoms with Gasteiger partial charge in [-0.15, -0.1) is 0 Å². The van der Waals surface area contributed by atoms with Crippen LogP contribution in [0, 0.1) is 10.1 Å².